The lowest BCUT2D eigenvalue weighted by Crippen LogP contribution is -2.15. The molecule has 0 saturated carbocycles. The summed E-state index contributed by atoms with van der Waals surface area (Å²) in [5.74, 6) is 0.169. The fourth-order valence-electron chi connectivity index (χ4n) is 1.63. The largest absolute Gasteiger partial charge is 0.506 e. The van der Waals surface area contributed by atoms with Crippen LogP contribution >= 0.6 is 0 Å². The number of nitrogens with one attached hydrogen (secondary N) is 1. The van der Waals surface area contributed by atoms with Gasteiger partial charge in [-0.05, 0) is 39.7 Å². The summed E-state index contributed by atoms with van der Waals surface area (Å²) >= 11 is 0. The van der Waals surface area contributed by atoms with Crippen molar-refractivity contribution in [1.82, 2.24) is 9.88 Å². The second-order valence-electron chi connectivity index (χ2n) is 4.06. The number of rotatable bonds is 5. The summed E-state index contributed by atoms with van der Waals surface area (Å²) in [6.45, 7) is 6.21. The molecule has 1 heterocycles. The number of aromatic amines is 1. The first kappa shape index (κ1) is 12.5. The van der Waals surface area contributed by atoms with Gasteiger partial charge in [-0.15, -0.1) is 0 Å². The van der Waals surface area contributed by atoms with Crippen molar-refractivity contribution < 1.29 is 5.11 Å². The van der Waals surface area contributed by atoms with Gasteiger partial charge in [0.25, 0.3) is 0 Å². The van der Waals surface area contributed by atoms with E-state index in [9.17, 15) is 5.11 Å². The Bertz CT molecular complexity index is 391. The molecule has 16 heavy (non-hydrogen) atoms. The van der Waals surface area contributed by atoms with Crippen LogP contribution in [0.3, 0.4) is 0 Å². The summed E-state index contributed by atoms with van der Waals surface area (Å²) in [6, 6.07) is 0. The molecule has 0 unspecified atom stereocenters. The molecule has 0 amide bonds. The van der Waals surface area contributed by atoms with Crippen molar-refractivity contribution in [3.05, 3.63) is 29.2 Å². The van der Waals surface area contributed by atoms with Crippen LogP contribution in [0.25, 0.3) is 5.76 Å². The topological polar surface area (TPSA) is 51.6 Å². The smallest absolute Gasteiger partial charge is 0.143 e. The second kappa shape index (κ2) is 5.51. The normalized spacial score (nSPS) is 12.1. The number of aliphatic hydroxyl groups excluding tert-OH is 1. The van der Waals surface area contributed by atoms with E-state index in [1.165, 1.54) is 6.20 Å². The fourth-order valence-corrected chi connectivity index (χ4v) is 1.63. The Morgan fingerprint density at radius 2 is 2.31 bits per heavy atom. The van der Waals surface area contributed by atoms with Gasteiger partial charge in [0.05, 0.1) is 6.20 Å². The minimum Gasteiger partial charge on any atom is -0.506 e. The first-order valence-corrected chi connectivity index (χ1v) is 5.23. The Morgan fingerprint density at radius 3 is 2.88 bits per heavy atom. The minimum atomic E-state index is 0.169. The first-order chi connectivity index (χ1) is 7.56. The average molecular weight is 221 g/mol. The second-order valence-corrected chi connectivity index (χ2v) is 4.06. The number of aliphatic hydroxyl groups is 1. The Balaban J connectivity index is 2.94. The van der Waals surface area contributed by atoms with Crippen molar-refractivity contribution >= 4 is 12.5 Å². The van der Waals surface area contributed by atoms with E-state index in [1.54, 1.807) is 0 Å². The van der Waals surface area contributed by atoms with E-state index in [4.69, 9.17) is 0 Å². The number of hydrogen-bond donors (Lipinski definition) is 2. The number of aliphatic imine (C=N–C) groups is 1. The standard InChI is InChI=1S/C12H19N3O/c1-9-12(11(16)8-13-2)10(7-14-9)5-6-15(3)4/h7-8,14,16H,2,5-6H2,1,3-4H3/b11-8+. The van der Waals surface area contributed by atoms with Crippen molar-refractivity contribution in [2.24, 2.45) is 4.99 Å². The summed E-state index contributed by atoms with van der Waals surface area (Å²) in [5, 5.41) is 9.83. The van der Waals surface area contributed by atoms with Gasteiger partial charge in [0, 0.05) is 24.0 Å². The molecular weight excluding hydrogens is 202 g/mol. The van der Waals surface area contributed by atoms with Gasteiger partial charge >= 0.3 is 0 Å². The summed E-state index contributed by atoms with van der Waals surface area (Å²) < 4.78 is 0. The highest BCUT2D eigenvalue weighted by Crippen LogP contribution is 2.21. The van der Waals surface area contributed by atoms with Crippen LogP contribution in [0.5, 0.6) is 0 Å². The van der Waals surface area contributed by atoms with Gasteiger partial charge in [0.1, 0.15) is 5.76 Å². The van der Waals surface area contributed by atoms with Crippen LogP contribution < -0.4 is 0 Å². The van der Waals surface area contributed by atoms with Crippen LogP contribution in [0.2, 0.25) is 0 Å². The van der Waals surface area contributed by atoms with Gasteiger partial charge < -0.3 is 15.0 Å². The molecule has 1 aromatic rings. The molecule has 0 aliphatic heterocycles. The third-order valence-corrected chi connectivity index (χ3v) is 2.46. The van der Waals surface area contributed by atoms with E-state index in [1.807, 2.05) is 27.2 Å². The summed E-state index contributed by atoms with van der Waals surface area (Å²) in [4.78, 5) is 8.81. The van der Waals surface area contributed by atoms with Crippen LogP contribution in [-0.4, -0.2) is 42.3 Å². The van der Waals surface area contributed by atoms with E-state index in [2.05, 4.69) is 21.6 Å². The van der Waals surface area contributed by atoms with E-state index in [0.29, 0.717) is 0 Å². The summed E-state index contributed by atoms with van der Waals surface area (Å²) in [7, 11) is 4.06. The van der Waals surface area contributed by atoms with Crippen molar-refractivity contribution in [3.8, 4) is 0 Å². The van der Waals surface area contributed by atoms with E-state index in [0.717, 1.165) is 29.8 Å². The Kier molecular flexibility index (Phi) is 4.31. The molecule has 4 heteroatoms. The maximum Gasteiger partial charge on any atom is 0.143 e. The fraction of sp³-hybridized carbons (Fsp3) is 0.417. The Morgan fingerprint density at radius 1 is 1.62 bits per heavy atom. The third kappa shape index (κ3) is 2.97. The molecule has 0 spiro atoms. The molecular formula is C12H19N3O. The molecule has 0 saturated heterocycles. The van der Waals surface area contributed by atoms with Crippen LogP contribution in [0.1, 0.15) is 16.8 Å². The molecule has 88 valence electrons. The minimum absolute atomic E-state index is 0.169. The van der Waals surface area contributed by atoms with Crippen LogP contribution in [-0.2, 0) is 6.42 Å². The Hall–Kier alpha value is -1.55. The zero-order valence-electron chi connectivity index (χ0n) is 10.1. The molecule has 1 aromatic heterocycles. The predicted molar refractivity (Wildman–Crippen MR) is 67.9 cm³/mol. The lowest BCUT2D eigenvalue weighted by atomic mass is 10.1. The van der Waals surface area contributed by atoms with Gasteiger partial charge in [0.2, 0.25) is 0 Å². The number of likely N-dealkylation sites (N-methyl/N-ethyl adjacent to an activating group) is 1. The molecule has 4 nitrogen and oxygen atoms in total. The number of nitrogens with zero attached hydrogens (tertiary/aromatic N) is 2. The number of aromatic nitrogens is 1. The predicted octanol–water partition coefficient (Wildman–Crippen LogP) is 1.98. The molecule has 0 fully saturated rings. The molecule has 0 bridgehead atoms. The van der Waals surface area contributed by atoms with Gasteiger partial charge in [-0.2, -0.15) is 0 Å². The maximum absolute atomic E-state index is 9.83. The monoisotopic (exact) mass is 221 g/mol. The van der Waals surface area contributed by atoms with Crippen LogP contribution in [0.15, 0.2) is 17.4 Å². The number of aryl methyl sites for hydroxylation is 1. The maximum atomic E-state index is 9.83. The molecule has 0 aromatic carbocycles. The van der Waals surface area contributed by atoms with Gasteiger partial charge in [-0.3, -0.25) is 4.99 Å². The van der Waals surface area contributed by atoms with Gasteiger partial charge in [-0.1, -0.05) is 0 Å². The Labute approximate surface area is 96.3 Å². The molecule has 0 radical (unpaired) electrons. The van der Waals surface area contributed by atoms with Crippen molar-refractivity contribution in [3.63, 3.8) is 0 Å². The summed E-state index contributed by atoms with van der Waals surface area (Å²) in [6.07, 6.45) is 4.19. The average Bonchev–Trinajstić information content (AvgIpc) is 2.57. The SMILES string of the molecule is C=N/C=C(/O)c1c(CCN(C)C)c[nH]c1C. The highest BCUT2D eigenvalue weighted by Gasteiger charge is 2.11. The van der Waals surface area contributed by atoms with Crippen molar-refractivity contribution in [2.45, 2.75) is 13.3 Å². The summed E-state index contributed by atoms with van der Waals surface area (Å²) in [5.41, 5.74) is 2.89. The lowest BCUT2D eigenvalue weighted by molar-refractivity contribution is 0.413. The zero-order valence-corrected chi connectivity index (χ0v) is 10.1. The molecule has 0 aliphatic rings. The van der Waals surface area contributed by atoms with E-state index >= 15 is 0 Å². The lowest BCUT2D eigenvalue weighted by Gasteiger charge is -2.09. The molecule has 1 rings (SSSR count). The van der Waals surface area contributed by atoms with Crippen LogP contribution in [0.4, 0.5) is 0 Å². The third-order valence-electron chi connectivity index (χ3n) is 2.46. The highest BCUT2D eigenvalue weighted by atomic mass is 16.3. The van der Waals surface area contributed by atoms with Crippen LogP contribution in [0, 0.1) is 6.92 Å². The van der Waals surface area contributed by atoms with Crippen molar-refractivity contribution in [1.29, 1.82) is 0 Å². The number of H-pyrrole nitrogens is 1. The van der Waals surface area contributed by atoms with E-state index in [-0.39, 0.29) is 5.76 Å². The molecule has 2 N–H and O–H groups in total. The van der Waals surface area contributed by atoms with Gasteiger partial charge in [-0.25, -0.2) is 0 Å². The highest BCUT2D eigenvalue weighted by molar-refractivity contribution is 5.64. The first-order valence-electron chi connectivity index (χ1n) is 5.23. The quantitative estimate of drug-likeness (QED) is 0.590. The number of hydrogen-bond acceptors (Lipinski definition) is 3. The van der Waals surface area contributed by atoms with Crippen molar-refractivity contribution in [2.75, 3.05) is 20.6 Å². The molecule has 0 aliphatic carbocycles. The van der Waals surface area contributed by atoms with Gasteiger partial charge in [0.15, 0.2) is 0 Å². The molecule has 0 atom stereocenters. The zero-order chi connectivity index (χ0) is 12.1. The van der Waals surface area contributed by atoms with E-state index < -0.39 is 0 Å².